The Hall–Kier alpha value is -2.68. The molecule has 0 aliphatic rings. The van der Waals surface area contributed by atoms with Crippen molar-refractivity contribution in [1.29, 1.82) is 5.26 Å². The summed E-state index contributed by atoms with van der Waals surface area (Å²) >= 11 is 0. The molecule has 0 aromatic heterocycles. The second kappa shape index (κ2) is 8.48. The second-order valence-corrected chi connectivity index (χ2v) is 4.36. The van der Waals surface area contributed by atoms with Crippen LogP contribution in [0.5, 0.6) is 0 Å². The van der Waals surface area contributed by atoms with Gasteiger partial charge in [-0.3, -0.25) is 19.8 Å². The normalized spacial score (nSPS) is 9.52. The van der Waals surface area contributed by atoms with E-state index >= 15 is 0 Å². The van der Waals surface area contributed by atoms with Gasteiger partial charge in [0.25, 0.3) is 5.91 Å². The zero-order chi connectivity index (χ0) is 15.7. The fourth-order valence-corrected chi connectivity index (χ4v) is 1.65. The third-order valence-electron chi connectivity index (χ3n) is 2.77. The maximum atomic E-state index is 12.0. The Morgan fingerprint density at radius 3 is 2.48 bits per heavy atom. The third kappa shape index (κ3) is 5.07. The van der Waals surface area contributed by atoms with Gasteiger partial charge < -0.3 is 0 Å². The number of carbonyl (C=O) groups is 3. The lowest BCUT2D eigenvalue weighted by Gasteiger charge is -2.19. The number of unbranched alkanes of at least 4 members (excludes halogenated alkanes) is 1. The first-order valence-corrected chi connectivity index (χ1v) is 6.67. The Morgan fingerprint density at radius 2 is 1.90 bits per heavy atom. The molecule has 21 heavy (non-hydrogen) atoms. The molecule has 0 bridgehead atoms. The van der Waals surface area contributed by atoms with Crippen LogP contribution >= 0.6 is 0 Å². The van der Waals surface area contributed by atoms with Crippen molar-refractivity contribution in [2.75, 3.05) is 6.54 Å². The Morgan fingerprint density at radius 1 is 1.24 bits per heavy atom. The largest absolute Gasteiger partial charge is 0.331 e. The van der Waals surface area contributed by atoms with Crippen LogP contribution in [0.15, 0.2) is 30.3 Å². The molecule has 0 spiro atoms. The highest BCUT2D eigenvalue weighted by atomic mass is 16.2. The lowest BCUT2D eigenvalue weighted by molar-refractivity contribution is -0.127. The lowest BCUT2D eigenvalue weighted by Crippen LogP contribution is -2.46. The van der Waals surface area contributed by atoms with Crippen LogP contribution < -0.4 is 5.32 Å². The van der Waals surface area contributed by atoms with Gasteiger partial charge in [-0.1, -0.05) is 31.5 Å². The number of hydrogen-bond donors (Lipinski definition) is 1. The Labute approximate surface area is 123 Å². The van der Waals surface area contributed by atoms with Gasteiger partial charge in [0.15, 0.2) is 0 Å². The molecular formula is C15H17N3O3. The van der Waals surface area contributed by atoms with E-state index in [1.807, 2.05) is 6.92 Å². The van der Waals surface area contributed by atoms with Crippen molar-refractivity contribution in [3.8, 4) is 6.07 Å². The summed E-state index contributed by atoms with van der Waals surface area (Å²) in [6.45, 7) is 2.10. The predicted molar refractivity (Wildman–Crippen MR) is 76.2 cm³/mol. The average Bonchev–Trinajstić information content (AvgIpc) is 2.48. The van der Waals surface area contributed by atoms with Crippen molar-refractivity contribution < 1.29 is 14.4 Å². The van der Waals surface area contributed by atoms with E-state index in [-0.39, 0.29) is 6.54 Å². The molecule has 1 aromatic carbocycles. The van der Waals surface area contributed by atoms with Gasteiger partial charge in [0.05, 0.1) is 6.07 Å². The fraction of sp³-hybridized carbons (Fsp3) is 0.333. The van der Waals surface area contributed by atoms with E-state index in [4.69, 9.17) is 5.26 Å². The van der Waals surface area contributed by atoms with Crippen LogP contribution in [-0.2, 0) is 4.79 Å². The summed E-state index contributed by atoms with van der Waals surface area (Å²) in [5.74, 6) is -1.18. The molecule has 1 N–H and O–H groups in total. The highest BCUT2D eigenvalue weighted by molar-refractivity contribution is 6.08. The highest BCUT2D eigenvalue weighted by Crippen LogP contribution is 2.02. The molecule has 0 saturated heterocycles. The van der Waals surface area contributed by atoms with E-state index in [0.29, 0.717) is 12.0 Å². The number of amides is 4. The van der Waals surface area contributed by atoms with Crippen molar-refractivity contribution in [2.24, 2.45) is 0 Å². The van der Waals surface area contributed by atoms with Gasteiger partial charge in [-0.05, 0) is 18.6 Å². The van der Waals surface area contributed by atoms with Gasteiger partial charge >= 0.3 is 6.03 Å². The van der Waals surface area contributed by atoms with Crippen molar-refractivity contribution in [1.82, 2.24) is 10.2 Å². The summed E-state index contributed by atoms with van der Waals surface area (Å²) < 4.78 is 0. The summed E-state index contributed by atoms with van der Waals surface area (Å²) in [6.07, 6.45) is 1.01. The van der Waals surface area contributed by atoms with Gasteiger partial charge in [0.2, 0.25) is 5.91 Å². The molecular weight excluding hydrogens is 270 g/mol. The molecule has 0 atom stereocenters. The molecule has 0 unspecified atom stereocenters. The Kier molecular flexibility index (Phi) is 6.61. The fourth-order valence-electron chi connectivity index (χ4n) is 1.65. The molecule has 0 saturated carbocycles. The number of nitrogens with zero attached hydrogens (tertiary/aromatic N) is 2. The molecule has 6 heteroatoms. The van der Waals surface area contributed by atoms with E-state index < -0.39 is 24.3 Å². The number of benzene rings is 1. The summed E-state index contributed by atoms with van der Waals surface area (Å²) in [5.41, 5.74) is 0.328. The first-order chi connectivity index (χ1) is 10.1. The average molecular weight is 287 g/mol. The van der Waals surface area contributed by atoms with Crippen molar-refractivity contribution in [2.45, 2.75) is 26.2 Å². The third-order valence-corrected chi connectivity index (χ3v) is 2.77. The second-order valence-electron chi connectivity index (χ2n) is 4.36. The molecule has 0 radical (unpaired) electrons. The first kappa shape index (κ1) is 16.4. The van der Waals surface area contributed by atoms with Gasteiger partial charge in [0, 0.05) is 12.1 Å². The van der Waals surface area contributed by atoms with Gasteiger partial charge in [-0.25, -0.2) is 4.79 Å². The van der Waals surface area contributed by atoms with E-state index in [2.05, 4.69) is 5.32 Å². The van der Waals surface area contributed by atoms with Crippen LogP contribution in [0, 0.1) is 11.3 Å². The van der Waals surface area contributed by atoms with E-state index in [1.165, 1.54) is 0 Å². The minimum atomic E-state index is -0.794. The molecule has 0 fully saturated rings. The molecule has 1 aromatic rings. The number of carbonyl (C=O) groups excluding carboxylic acids is 3. The minimum Gasteiger partial charge on any atom is -0.273 e. The molecule has 0 heterocycles. The zero-order valence-electron chi connectivity index (χ0n) is 11.8. The topological polar surface area (TPSA) is 90.3 Å². The minimum absolute atomic E-state index is 0.185. The maximum Gasteiger partial charge on any atom is 0.331 e. The summed E-state index contributed by atoms with van der Waals surface area (Å²) in [4.78, 5) is 36.5. The monoisotopic (exact) mass is 287 g/mol. The van der Waals surface area contributed by atoms with Crippen molar-refractivity contribution >= 4 is 17.8 Å². The maximum absolute atomic E-state index is 12.0. The van der Waals surface area contributed by atoms with Crippen molar-refractivity contribution in [3.63, 3.8) is 0 Å². The predicted octanol–water partition coefficient (Wildman–Crippen LogP) is 2.08. The van der Waals surface area contributed by atoms with Crippen LogP contribution in [0.3, 0.4) is 0 Å². The Balaban J connectivity index is 2.74. The van der Waals surface area contributed by atoms with Crippen LogP contribution in [0.2, 0.25) is 0 Å². The molecule has 6 nitrogen and oxygen atoms in total. The van der Waals surface area contributed by atoms with Gasteiger partial charge in [-0.15, -0.1) is 0 Å². The van der Waals surface area contributed by atoms with Crippen LogP contribution in [0.4, 0.5) is 4.79 Å². The number of nitrogens with one attached hydrogen (secondary N) is 1. The Bertz CT molecular complexity index is 549. The first-order valence-electron chi connectivity index (χ1n) is 6.67. The standard InChI is InChI=1S/C15H17N3O3/c1-2-3-11-18(13(19)9-10-16)15(21)17-14(20)12-7-5-4-6-8-12/h4-8H,2-3,9,11H2,1H3,(H,17,20,21). The number of hydrogen-bond acceptors (Lipinski definition) is 4. The van der Waals surface area contributed by atoms with Crippen LogP contribution in [-0.4, -0.2) is 29.3 Å². The number of imide groups is 2. The number of urea groups is 1. The summed E-state index contributed by atoms with van der Waals surface area (Å²) in [6, 6.07) is 9.15. The summed E-state index contributed by atoms with van der Waals surface area (Å²) in [5, 5.41) is 10.7. The number of rotatable bonds is 5. The van der Waals surface area contributed by atoms with Gasteiger partial charge in [-0.2, -0.15) is 5.26 Å². The van der Waals surface area contributed by atoms with E-state index in [9.17, 15) is 14.4 Å². The number of nitriles is 1. The van der Waals surface area contributed by atoms with Crippen LogP contribution in [0.1, 0.15) is 36.5 Å². The zero-order valence-corrected chi connectivity index (χ0v) is 11.8. The highest BCUT2D eigenvalue weighted by Gasteiger charge is 2.22. The van der Waals surface area contributed by atoms with Gasteiger partial charge in [0.1, 0.15) is 6.42 Å². The van der Waals surface area contributed by atoms with Crippen molar-refractivity contribution in [3.05, 3.63) is 35.9 Å². The molecule has 0 aliphatic carbocycles. The molecule has 110 valence electrons. The quantitative estimate of drug-likeness (QED) is 0.897. The van der Waals surface area contributed by atoms with E-state index in [1.54, 1.807) is 36.4 Å². The SMILES string of the molecule is CCCCN(C(=O)CC#N)C(=O)NC(=O)c1ccccc1. The van der Waals surface area contributed by atoms with E-state index in [0.717, 1.165) is 11.3 Å². The molecule has 0 aliphatic heterocycles. The van der Waals surface area contributed by atoms with Crippen LogP contribution in [0.25, 0.3) is 0 Å². The molecule has 1 rings (SSSR count). The smallest absolute Gasteiger partial charge is 0.273 e. The molecule has 4 amide bonds. The lowest BCUT2D eigenvalue weighted by atomic mass is 10.2. The summed E-state index contributed by atoms with van der Waals surface area (Å²) in [7, 11) is 0.